The van der Waals surface area contributed by atoms with Gasteiger partial charge in [-0.15, -0.1) is 0 Å². The summed E-state index contributed by atoms with van der Waals surface area (Å²) in [6, 6.07) is 2.11. The summed E-state index contributed by atoms with van der Waals surface area (Å²) in [4.78, 5) is -0.506. The van der Waals surface area contributed by atoms with Crippen LogP contribution >= 0.6 is 11.6 Å². The van der Waals surface area contributed by atoms with Crippen LogP contribution in [0.5, 0.6) is 0 Å². The molecule has 2 N–H and O–H groups in total. The molecule has 1 aromatic carbocycles. The highest BCUT2D eigenvalue weighted by molar-refractivity contribution is 7.89. The second kappa shape index (κ2) is 5.97. The zero-order chi connectivity index (χ0) is 14.9. The van der Waals surface area contributed by atoms with E-state index in [0.29, 0.717) is 5.92 Å². The number of rotatable bonds is 4. The monoisotopic (exact) mass is 321 g/mol. The van der Waals surface area contributed by atoms with Crippen LogP contribution in [0.15, 0.2) is 17.0 Å². The Balaban J connectivity index is 2.32. The molecule has 1 aliphatic rings. The predicted molar refractivity (Wildman–Crippen MR) is 74.5 cm³/mol. The first-order valence-corrected chi connectivity index (χ1v) is 8.30. The van der Waals surface area contributed by atoms with Gasteiger partial charge in [-0.25, -0.2) is 17.5 Å². The molecular weight excluding hydrogens is 305 g/mol. The molecule has 4 nitrogen and oxygen atoms in total. The van der Waals surface area contributed by atoms with Crippen LogP contribution in [0.4, 0.5) is 4.39 Å². The fourth-order valence-corrected chi connectivity index (χ4v) is 4.26. The molecule has 0 amide bonds. The lowest BCUT2D eigenvalue weighted by molar-refractivity contribution is 0.274. The molecule has 0 aromatic heterocycles. The maximum Gasteiger partial charge on any atom is 0.243 e. The van der Waals surface area contributed by atoms with E-state index in [-0.39, 0.29) is 16.6 Å². The highest BCUT2D eigenvalue weighted by Crippen LogP contribution is 2.28. The summed E-state index contributed by atoms with van der Waals surface area (Å²) in [6.45, 7) is 1.45. The van der Waals surface area contributed by atoms with Crippen molar-refractivity contribution in [3.05, 3.63) is 28.5 Å². The first-order valence-electron chi connectivity index (χ1n) is 6.44. The van der Waals surface area contributed by atoms with Gasteiger partial charge in [0.15, 0.2) is 0 Å². The van der Waals surface area contributed by atoms with E-state index in [1.54, 1.807) is 0 Å². The third-order valence-electron chi connectivity index (χ3n) is 3.56. The van der Waals surface area contributed by atoms with Gasteiger partial charge >= 0.3 is 0 Å². The third-order valence-corrected chi connectivity index (χ3v) is 5.29. The number of halogens is 2. The lowest BCUT2D eigenvalue weighted by atomic mass is 10.1. The standard InChI is InChI=1S/C13H17ClFNO3S/c1-8-2-3-11(4-8)16-20(18,19)12-6-10(14)5-9(7-17)13(12)15/h5-6,8,11,16-17H,2-4,7H2,1H3. The lowest BCUT2D eigenvalue weighted by Gasteiger charge is -2.14. The van der Waals surface area contributed by atoms with E-state index in [1.165, 1.54) is 6.07 Å². The second-order valence-electron chi connectivity index (χ2n) is 5.27. The Morgan fingerprint density at radius 3 is 2.70 bits per heavy atom. The summed E-state index contributed by atoms with van der Waals surface area (Å²) in [5.74, 6) is -0.490. The number of nitrogens with one attached hydrogen (secondary N) is 1. The van der Waals surface area contributed by atoms with Crippen molar-refractivity contribution in [1.29, 1.82) is 0 Å². The quantitative estimate of drug-likeness (QED) is 0.895. The van der Waals surface area contributed by atoms with Gasteiger partial charge in [-0.05, 0) is 37.3 Å². The average molecular weight is 322 g/mol. The molecule has 0 bridgehead atoms. The largest absolute Gasteiger partial charge is 0.392 e. The Labute approximate surface area is 123 Å². The summed E-state index contributed by atoms with van der Waals surface area (Å²) in [6.07, 6.45) is 2.44. The molecular formula is C13H17ClFNO3S. The van der Waals surface area contributed by atoms with Crippen LogP contribution in [-0.2, 0) is 16.6 Å². The fourth-order valence-electron chi connectivity index (χ4n) is 2.53. The minimum absolute atomic E-state index is 0.0793. The van der Waals surface area contributed by atoms with Crippen molar-refractivity contribution >= 4 is 21.6 Å². The van der Waals surface area contributed by atoms with Gasteiger partial charge in [-0.1, -0.05) is 18.5 Å². The molecule has 0 spiro atoms. The van der Waals surface area contributed by atoms with Crippen LogP contribution < -0.4 is 4.72 Å². The SMILES string of the molecule is CC1CCC(NS(=O)(=O)c2cc(Cl)cc(CO)c2F)C1. The summed E-state index contributed by atoms with van der Waals surface area (Å²) in [7, 11) is -3.97. The molecule has 112 valence electrons. The highest BCUT2D eigenvalue weighted by Gasteiger charge is 2.29. The Morgan fingerprint density at radius 2 is 2.15 bits per heavy atom. The molecule has 0 aliphatic heterocycles. The van der Waals surface area contributed by atoms with Crippen molar-refractivity contribution in [2.75, 3.05) is 0 Å². The number of aliphatic hydroxyl groups excluding tert-OH is 1. The topological polar surface area (TPSA) is 66.4 Å². The van der Waals surface area contributed by atoms with Crippen LogP contribution in [0.3, 0.4) is 0 Å². The Morgan fingerprint density at radius 1 is 1.45 bits per heavy atom. The lowest BCUT2D eigenvalue weighted by Crippen LogP contribution is -2.33. The molecule has 1 saturated carbocycles. The minimum atomic E-state index is -3.97. The summed E-state index contributed by atoms with van der Waals surface area (Å²) >= 11 is 5.78. The van der Waals surface area contributed by atoms with Crippen LogP contribution in [0.1, 0.15) is 31.7 Å². The number of benzene rings is 1. The molecule has 1 aromatic rings. The van der Waals surface area contributed by atoms with E-state index in [4.69, 9.17) is 16.7 Å². The zero-order valence-corrected chi connectivity index (χ0v) is 12.6. The summed E-state index contributed by atoms with van der Waals surface area (Å²) in [5, 5.41) is 9.12. The molecule has 2 atom stereocenters. The van der Waals surface area contributed by atoms with Crippen molar-refractivity contribution in [1.82, 2.24) is 4.72 Å². The zero-order valence-electron chi connectivity index (χ0n) is 11.1. The van der Waals surface area contributed by atoms with Crippen LogP contribution in [0.2, 0.25) is 5.02 Å². The Hall–Kier alpha value is -0.690. The van der Waals surface area contributed by atoms with Gasteiger partial charge in [0.2, 0.25) is 10.0 Å². The number of aliphatic hydroxyl groups is 1. The Bertz CT molecular complexity index is 606. The average Bonchev–Trinajstić information content (AvgIpc) is 2.76. The van der Waals surface area contributed by atoms with Crippen LogP contribution in [0.25, 0.3) is 0 Å². The van der Waals surface area contributed by atoms with Gasteiger partial charge in [0.05, 0.1) is 6.61 Å². The molecule has 20 heavy (non-hydrogen) atoms. The van der Waals surface area contributed by atoms with E-state index in [1.807, 2.05) is 0 Å². The van der Waals surface area contributed by atoms with Crippen molar-refractivity contribution in [3.8, 4) is 0 Å². The van der Waals surface area contributed by atoms with Crippen molar-refractivity contribution in [2.45, 2.75) is 43.7 Å². The van der Waals surface area contributed by atoms with E-state index in [0.717, 1.165) is 25.3 Å². The second-order valence-corrected chi connectivity index (χ2v) is 7.39. The Kier molecular flexibility index (Phi) is 4.69. The molecule has 7 heteroatoms. The van der Waals surface area contributed by atoms with E-state index in [2.05, 4.69) is 11.6 Å². The maximum atomic E-state index is 14.1. The van der Waals surface area contributed by atoms with Gasteiger partial charge < -0.3 is 5.11 Å². The van der Waals surface area contributed by atoms with Gasteiger partial charge in [-0.2, -0.15) is 0 Å². The molecule has 0 radical (unpaired) electrons. The third kappa shape index (κ3) is 3.31. The number of hydrogen-bond donors (Lipinski definition) is 2. The molecule has 1 aliphatic carbocycles. The molecule has 1 fully saturated rings. The number of hydrogen-bond acceptors (Lipinski definition) is 3. The van der Waals surface area contributed by atoms with Crippen LogP contribution in [-0.4, -0.2) is 19.6 Å². The molecule has 2 unspecified atom stereocenters. The summed E-state index contributed by atoms with van der Waals surface area (Å²) < 4.78 is 41.1. The predicted octanol–water partition coefficient (Wildman–Crippen LogP) is 2.44. The van der Waals surface area contributed by atoms with Gasteiger partial charge in [0.1, 0.15) is 10.7 Å². The number of sulfonamides is 1. The molecule has 0 heterocycles. The van der Waals surface area contributed by atoms with E-state index >= 15 is 0 Å². The highest BCUT2D eigenvalue weighted by atomic mass is 35.5. The van der Waals surface area contributed by atoms with E-state index < -0.39 is 27.3 Å². The van der Waals surface area contributed by atoms with Crippen molar-refractivity contribution in [2.24, 2.45) is 5.92 Å². The minimum Gasteiger partial charge on any atom is -0.392 e. The normalized spacial score (nSPS) is 23.2. The van der Waals surface area contributed by atoms with Crippen LogP contribution in [0, 0.1) is 11.7 Å². The van der Waals surface area contributed by atoms with Crippen molar-refractivity contribution < 1.29 is 17.9 Å². The first kappa shape index (κ1) is 15.7. The molecule has 0 saturated heterocycles. The maximum absolute atomic E-state index is 14.1. The van der Waals surface area contributed by atoms with E-state index in [9.17, 15) is 12.8 Å². The molecule has 2 rings (SSSR count). The van der Waals surface area contributed by atoms with Gasteiger partial charge in [-0.3, -0.25) is 0 Å². The first-order chi connectivity index (χ1) is 9.33. The van der Waals surface area contributed by atoms with Crippen molar-refractivity contribution in [3.63, 3.8) is 0 Å². The van der Waals surface area contributed by atoms with Gasteiger partial charge in [0, 0.05) is 16.6 Å². The smallest absolute Gasteiger partial charge is 0.243 e. The van der Waals surface area contributed by atoms with Gasteiger partial charge in [0.25, 0.3) is 0 Å². The fraction of sp³-hybridized carbons (Fsp3) is 0.538. The summed E-state index contributed by atoms with van der Waals surface area (Å²) in [5.41, 5.74) is -0.127.